The van der Waals surface area contributed by atoms with Gasteiger partial charge in [-0.2, -0.15) is 0 Å². The van der Waals surface area contributed by atoms with Crippen LogP contribution >= 0.6 is 0 Å². The van der Waals surface area contributed by atoms with E-state index in [-0.39, 0.29) is 0 Å². The largest absolute Gasteiger partial charge is 0.398 e. The van der Waals surface area contributed by atoms with E-state index in [0.717, 1.165) is 62.7 Å². The molecule has 0 saturated heterocycles. The van der Waals surface area contributed by atoms with E-state index >= 15 is 0 Å². The van der Waals surface area contributed by atoms with Crippen molar-refractivity contribution in [3.05, 3.63) is 22.3 Å². The summed E-state index contributed by atoms with van der Waals surface area (Å²) in [6.07, 6.45) is 8.70. The summed E-state index contributed by atoms with van der Waals surface area (Å²) in [5.41, 5.74) is 20.5. The maximum absolute atomic E-state index is 6.53. The summed E-state index contributed by atoms with van der Waals surface area (Å²) < 4.78 is 0. The Morgan fingerprint density at radius 2 is 0.700 bits per heavy atom. The van der Waals surface area contributed by atoms with E-state index in [1.807, 2.05) is 0 Å². The van der Waals surface area contributed by atoms with E-state index in [1.165, 1.54) is 22.3 Å². The molecule has 0 fully saturated rings. The second-order valence-electron chi connectivity index (χ2n) is 5.74. The number of hydrogen-bond acceptors (Lipinski definition) is 2. The summed E-state index contributed by atoms with van der Waals surface area (Å²) >= 11 is 0. The van der Waals surface area contributed by atoms with Crippen LogP contribution in [0.3, 0.4) is 0 Å². The lowest BCUT2D eigenvalue weighted by atomic mass is 9.86. The molecule has 4 N–H and O–H groups in total. The first-order valence-corrected chi connectivity index (χ1v) is 8.32. The monoisotopic (exact) mass is 276 g/mol. The van der Waals surface area contributed by atoms with Crippen LogP contribution in [0.4, 0.5) is 11.4 Å². The Balaban J connectivity index is 3.50. The first kappa shape index (κ1) is 16.9. The zero-order valence-corrected chi connectivity index (χ0v) is 13.8. The van der Waals surface area contributed by atoms with Gasteiger partial charge in [-0.25, -0.2) is 0 Å². The normalized spacial score (nSPS) is 11.0. The zero-order valence-electron chi connectivity index (χ0n) is 13.8. The summed E-state index contributed by atoms with van der Waals surface area (Å²) in [5.74, 6) is 0. The number of anilines is 2. The first-order chi connectivity index (χ1) is 9.62. The smallest absolute Gasteiger partial charge is 0.0386 e. The summed E-state index contributed by atoms with van der Waals surface area (Å²) in [4.78, 5) is 0. The maximum atomic E-state index is 6.53. The molecule has 20 heavy (non-hydrogen) atoms. The predicted molar refractivity (Wildman–Crippen MR) is 91.2 cm³/mol. The SMILES string of the molecule is CCCc1c(N)c(CCC)c(CCC)c(N)c1CCC. The predicted octanol–water partition coefficient (Wildman–Crippen LogP) is 4.66. The fourth-order valence-corrected chi connectivity index (χ4v) is 3.16. The fraction of sp³-hybridized carbons (Fsp3) is 0.667. The molecule has 1 rings (SSSR count). The van der Waals surface area contributed by atoms with E-state index in [4.69, 9.17) is 11.5 Å². The maximum Gasteiger partial charge on any atom is 0.0386 e. The van der Waals surface area contributed by atoms with Crippen molar-refractivity contribution in [3.8, 4) is 0 Å². The lowest BCUT2D eigenvalue weighted by Gasteiger charge is -2.23. The lowest BCUT2D eigenvalue weighted by Crippen LogP contribution is -2.13. The Morgan fingerprint density at radius 3 is 0.850 bits per heavy atom. The van der Waals surface area contributed by atoms with Crippen LogP contribution in [-0.2, 0) is 25.7 Å². The van der Waals surface area contributed by atoms with E-state index in [0.29, 0.717) is 0 Å². The van der Waals surface area contributed by atoms with Crippen molar-refractivity contribution in [2.24, 2.45) is 0 Å². The average Bonchev–Trinajstić information content (AvgIpc) is 2.44. The van der Waals surface area contributed by atoms with Gasteiger partial charge in [0.1, 0.15) is 0 Å². The van der Waals surface area contributed by atoms with Crippen LogP contribution in [-0.4, -0.2) is 0 Å². The van der Waals surface area contributed by atoms with Gasteiger partial charge < -0.3 is 11.5 Å². The Labute approximate surface area is 124 Å². The van der Waals surface area contributed by atoms with Gasteiger partial charge in [-0.3, -0.25) is 0 Å². The topological polar surface area (TPSA) is 52.0 Å². The van der Waals surface area contributed by atoms with Crippen molar-refractivity contribution in [1.29, 1.82) is 0 Å². The Kier molecular flexibility index (Phi) is 6.90. The van der Waals surface area contributed by atoms with Crippen LogP contribution in [0.25, 0.3) is 0 Å². The minimum atomic E-state index is 1.04. The molecule has 0 spiro atoms. The molecule has 0 aliphatic carbocycles. The minimum absolute atomic E-state index is 1.04. The lowest BCUT2D eigenvalue weighted by molar-refractivity contribution is 0.831. The van der Waals surface area contributed by atoms with Gasteiger partial charge in [0.2, 0.25) is 0 Å². The number of hydrogen-bond donors (Lipinski definition) is 2. The van der Waals surface area contributed by atoms with Gasteiger partial charge in [0.15, 0.2) is 0 Å². The molecule has 0 bridgehead atoms. The molecule has 0 saturated carbocycles. The van der Waals surface area contributed by atoms with Crippen LogP contribution in [0, 0.1) is 0 Å². The standard InChI is InChI=1S/C18H32N2/c1-5-9-13-14(10-6-2)18(20)16(12-8-4)15(11-7-3)17(13)19/h5-12,19-20H2,1-4H3. The third kappa shape index (κ3) is 3.47. The number of nitrogen functional groups attached to an aromatic ring is 2. The Bertz CT molecular complexity index is 358. The van der Waals surface area contributed by atoms with Crippen LogP contribution < -0.4 is 11.5 Å². The highest BCUT2D eigenvalue weighted by Gasteiger charge is 2.18. The van der Waals surface area contributed by atoms with Crippen LogP contribution in [0.1, 0.15) is 75.6 Å². The molecule has 0 atom stereocenters. The van der Waals surface area contributed by atoms with Crippen molar-refractivity contribution in [1.82, 2.24) is 0 Å². The van der Waals surface area contributed by atoms with E-state index < -0.39 is 0 Å². The molecule has 0 radical (unpaired) electrons. The quantitative estimate of drug-likeness (QED) is 0.678. The van der Waals surface area contributed by atoms with Gasteiger partial charge in [0.05, 0.1) is 0 Å². The zero-order chi connectivity index (χ0) is 15.1. The molecule has 0 aliphatic rings. The molecule has 0 amide bonds. The van der Waals surface area contributed by atoms with Crippen molar-refractivity contribution in [3.63, 3.8) is 0 Å². The van der Waals surface area contributed by atoms with Gasteiger partial charge in [-0.1, -0.05) is 53.4 Å². The van der Waals surface area contributed by atoms with Gasteiger partial charge in [-0.15, -0.1) is 0 Å². The third-order valence-corrected chi connectivity index (χ3v) is 4.03. The van der Waals surface area contributed by atoms with Crippen LogP contribution in [0.5, 0.6) is 0 Å². The van der Waals surface area contributed by atoms with E-state index in [1.54, 1.807) is 0 Å². The number of nitrogens with two attached hydrogens (primary N) is 2. The van der Waals surface area contributed by atoms with Gasteiger partial charge >= 0.3 is 0 Å². The summed E-state index contributed by atoms with van der Waals surface area (Å²) in [6, 6.07) is 0. The highest BCUT2D eigenvalue weighted by molar-refractivity contribution is 5.71. The second kappa shape index (κ2) is 8.18. The first-order valence-electron chi connectivity index (χ1n) is 8.32. The average molecular weight is 276 g/mol. The van der Waals surface area contributed by atoms with Gasteiger partial charge in [0, 0.05) is 11.4 Å². The molecule has 114 valence electrons. The summed E-state index contributed by atoms with van der Waals surface area (Å²) in [7, 11) is 0. The van der Waals surface area contributed by atoms with Gasteiger partial charge in [0.25, 0.3) is 0 Å². The van der Waals surface area contributed by atoms with Crippen molar-refractivity contribution in [2.75, 3.05) is 11.5 Å². The molecular formula is C18H32N2. The van der Waals surface area contributed by atoms with Crippen molar-refractivity contribution in [2.45, 2.75) is 79.1 Å². The number of rotatable bonds is 8. The molecule has 1 aromatic carbocycles. The molecule has 0 aromatic heterocycles. The van der Waals surface area contributed by atoms with Crippen molar-refractivity contribution >= 4 is 11.4 Å². The van der Waals surface area contributed by atoms with E-state index in [9.17, 15) is 0 Å². The van der Waals surface area contributed by atoms with Crippen LogP contribution in [0.15, 0.2) is 0 Å². The Morgan fingerprint density at radius 1 is 0.500 bits per heavy atom. The molecule has 1 aromatic rings. The molecule has 2 heteroatoms. The molecule has 0 heterocycles. The molecule has 0 aliphatic heterocycles. The highest BCUT2D eigenvalue weighted by atomic mass is 14.6. The number of benzene rings is 1. The summed E-state index contributed by atoms with van der Waals surface area (Å²) in [6.45, 7) is 8.85. The summed E-state index contributed by atoms with van der Waals surface area (Å²) in [5, 5.41) is 0. The third-order valence-electron chi connectivity index (χ3n) is 4.03. The highest BCUT2D eigenvalue weighted by Crippen LogP contribution is 2.35. The van der Waals surface area contributed by atoms with Gasteiger partial charge in [-0.05, 0) is 47.9 Å². The molecule has 0 unspecified atom stereocenters. The minimum Gasteiger partial charge on any atom is -0.398 e. The van der Waals surface area contributed by atoms with E-state index in [2.05, 4.69) is 27.7 Å². The molecular weight excluding hydrogens is 244 g/mol. The second-order valence-corrected chi connectivity index (χ2v) is 5.74. The molecule has 2 nitrogen and oxygen atoms in total. The van der Waals surface area contributed by atoms with Crippen LogP contribution in [0.2, 0.25) is 0 Å². The Hall–Kier alpha value is -1.18. The van der Waals surface area contributed by atoms with Crippen molar-refractivity contribution < 1.29 is 0 Å². The fourth-order valence-electron chi connectivity index (χ4n) is 3.16.